The van der Waals surface area contributed by atoms with Crippen LogP contribution in [0.1, 0.15) is 148 Å². The van der Waals surface area contributed by atoms with Gasteiger partial charge in [0.05, 0.1) is 6.61 Å². The minimum atomic E-state index is -0.224. The predicted molar refractivity (Wildman–Crippen MR) is 166 cm³/mol. The molecule has 218 valence electrons. The number of hydrogen-bond acceptors (Lipinski definition) is 3. The molecule has 0 saturated carbocycles. The summed E-state index contributed by atoms with van der Waals surface area (Å²) in [6.07, 6.45) is 22.1. The van der Waals surface area contributed by atoms with Crippen molar-refractivity contribution in [3.8, 4) is 16.9 Å². The Morgan fingerprint density at radius 2 is 1.03 bits per heavy atom. The van der Waals surface area contributed by atoms with Crippen LogP contribution in [0.4, 0.5) is 0 Å². The minimum Gasteiger partial charge on any atom is -0.494 e. The van der Waals surface area contributed by atoms with Crippen molar-refractivity contribution in [3.05, 3.63) is 54.1 Å². The van der Waals surface area contributed by atoms with Gasteiger partial charge in [-0.15, -0.1) is 0 Å². The third kappa shape index (κ3) is 15.2. The Balaban J connectivity index is 1.61. The number of rotatable bonds is 23. The first kappa shape index (κ1) is 32.9. The maximum Gasteiger partial charge on any atom is 0.306 e. The van der Waals surface area contributed by atoms with E-state index in [0.717, 1.165) is 48.3 Å². The Kier molecular flexibility index (Phi) is 18.2. The number of carbonyl (C=O) groups is 1. The van der Waals surface area contributed by atoms with Crippen LogP contribution in [0, 0.1) is 0 Å². The molecule has 2 rings (SSSR count). The van der Waals surface area contributed by atoms with Gasteiger partial charge in [-0.25, -0.2) is 0 Å². The number of unbranched alkanes of at least 4 members (excludes halogenated alkanes) is 15. The molecule has 0 aliphatic rings. The van der Waals surface area contributed by atoms with Crippen molar-refractivity contribution in [2.24, 2.45) is 0 Å². The number of esters is 1. The quantitative estimate of drug-likeness (QED) is 0.105. The summed E-state index contributed by atoms with van der Waals surface area (Å²) in [5, 5.41) is 0. The van der Waals surface area contributed by atoms with Gasteiger partial charge in [-0.3, -0.25) is 4.79 Å². The normalized spacial score (nSPS) is 11.9. The first-order valence-corrected chi connectivity index (χ1v) is 16.2. The van der Waals surface area contributed by atoms with Crippen molar-refractivity contribution in [2.45, 2.75) is 142 Å². The second-order valence-electron chi connectivity index (χ2n) is 11.2. The maximum atomic E-state index is 12.2. The zero-order chi connectivity index (χ0) is 28.0. The highest BCUT2D eigenvalue weighted by atomic mass is 16.5. The molecule has 0 heterocycles. The van der Waals surface area contributed by atoms with Gasteiger partial charge in [0.1, 0.15) is 11.9 Å². The topological polar surface area (TPSA) is 35.5 Å². The summed E-state index contributed by atoms with van der Waals surface area (Å²) in [6.45, 7) is 7.26. The molecule has 0 spiro atoms. The summed E-state index contributed by atoms with van der Waals surface area (Å²) in [5.74, 6) is 0.848. The fourth-order valence-electron chi connectivity index (χ4n) is 5.02. The number of ether oxygens (including phenoxy) is 2. The van der Waals surface area contributed by atoms with Gasteiger partial charge in [0.2, 0.25) is 0 Å². The molecule has 0 aliphatic heterocycles. The van der Waals surface area contributed by atoms with Crippen molar-refractivity contribution in [2.75, 3.05) is 6.61 Å². The van der Waals surface area contributed by atoms with Crippen LogP contribution < -0.4 is 4.74 Å². The SMILES string of the molecule is CCCCCCCCCCCCOc1ccc(-c2ccc(C(C)OC(=O)CCCCCCCCC)cc2)cc1. The van der Waals surface area contributed by atoms with E-state index in [1.165, 1.54) is 89.9 Å². The summed E-state index contributed by atoms with van der Waals surface area (Å²) < 4.78 is 11.6. The van der Waals surface area contributed by atoms with E-state index < -0.39 is 0 Å². The monoisotopic (exact) mass is 536 g/mol. The molecule has 0 fully saturated rings. The Labute approximate surface area is 240 Å². The van der Waals surface area contributed by atoms with Crippen molar-refractivity contribution < 1.29 is 14.3 Å². The van der Waals surface area contributed by atoms with Crippen LogP contribution in [0.15, 0.2) is 48.5 Å². The van der Waals surface area contributed by atoms with E-state index in [1.807, 2.05) is 6.92 Å². The van der Waals surface area contributed by atoms with Crippen LogP contribution in [0.25, 0.3) is 11.1 Å². The predicted octanol–water partition coefficient (Wildman–Crippen LogP) is 11.4. The lowest BCUT2D eigenvalue weighted by molar-refractivity contribution is -0.148. The van der Waals surface area contributed by atoms with Crippen molar-refractivity contribution in [1.82, 2.24) is 0 Å². The molecule has 0 bridgehead atoms. The van der Waals surface area contributed by atoms with Crippen LogP contribution in [-0.4, -0.2) is 12.6 Å². The Morgan fingerprint density at radius 3 is 1.54 bits per heavy atom. The number of benzene rings is 2. The molecule has 0 amide bonds. The standard InChI is InChI=1S/C36H56O3/c1-4-6-8-10-12-13-14-16-18-20-30-38-35-28-26-34(27-29-35)33-24-22-32(23-25-33)31(3)39-36(37)21-19-17-15-11-9-7-5-2/h22-29,31H,4-21,30H2,1-3H3. The molecule has 39 heavy (non-hydrogen) atoms. The molecular weight excluding hydrogens is 480 g/mol. The van der Waals surface area contributed by atoms with Gasteiger partial charge in [-0.05, 0) is 48.6 Å². The average molecular weight is 537 g/mol. The van der Waals surface area contributed by atoms with Crippen molar-refractivity contribution in [3.63, 3.8) is 0 Å². The molecule has 0 aliphatic carbocycles. The molecule has 0 aromatic heterocycles. The van der Waals surface area contributed by atoms with Gasteiger partial charge in [0.25, 0.3) is 0 Å². The number of hydrogen-bond donors (Lipinski definition) is 0. The van der Waals surface area contributed by atoms with E-state index in [4.69, 9.17) is 9.47 Å². The molecule has 3 nitrogen and oxygen atoms in total. The summed E-state index contributed by atoms with van der Waals surface area (Å²) in [6, 6.07) is 16.7. The highest BCUT2D eigenvalue weighted by Crippen LogP contribution is 2.26. The van der Waals surface area contributed by atoms with E-state index in [9.17, 15) is 4.79 Å². The van der Waals surface area contributed by atoms with Gasteiger partial charge >= 0.3 is 5.97 Å². The van der Waals surface area contributed by atoms with Crippen LogP contribution in [0.3, 0.4) is 0 Å². The lowest BCUT2D eigenvalue weighted by atomic mass is 10.0. The van der Waals surface area contributed by atoms with Gasteiger partial charge in [-0.1, -0.05) is 147 Å². The fraction of sp³-hybridized carbons (Fsp3) is 0.639. The smallest absolute Gasteiger partial charge is 0.306 e. The van der Waals surface area contributed by atoms with Gasteiger partial charge < -0.3 is 9.47 Å². The third-order valence-electron chi connectivity index (χ3n) is 7.63. The van der Waals surface area contributed by atoms with Gasteiger partial charge in [-0.2, -0.15) is 0 Å². The van der Waals surface area contributed by atoms with E-state index >= 15 is 0 Å². The molecule has 0 N–H and O–H groups in total. The van der Waals surface area contributed by atoms with Crippen LogP contribution in [0.5, 0.6) is 5.75 Å². The molecule has 2 aromatic carbocycles. The summed E-state index contributed by atoms with van der Waals surface area (Å²) in [7, 11) is 0. The van der Waals surface area contributed by atoms with Crippen molar-refractivity contribution in [1.29, 1.82) is 0 Å². The third-order valence-corrected chi connectivity index (χ3v) is 7.63. The summed E-state index contributed by atoms with van der Waals surface area (Å²) >= 11 is 0. The first-order valence-electron chi connectivity index (χ1n) is 16.2. The van der Waals surface area contributed by atoms with E-state index in [-0.39, 0.29) is 12.1 Å². The lowest BCUT2D eigenvalue weighted by Gasteiger charge is -2.14. The highest BCUT2D eigenvalue weighted by molar-refractivity contribution is 5.70. The lowest BCUT2D eigenvalue weighted by Crippen LogP contribution is -2.08. The molecule has 3 heteroatoms. The van der Waals surface area contributed by atoms with Crippen LogP contribution >= 0.6 is 0 Å². The molecule has 0 radical (unpaired) electrons. The molecule has 1 unspecified atom stereocenters. The Hall–Kier alpha value is -2.29. The largest absolute Gasteiger partial charge is 0.494 e. The molecule has 2 aromatic rings. The summed E-state index contributed by atoms with van der Waals surface area (Å²) in [5.41, 5.74) is 3.35. The zero-order valence-electron chi connectivity index (χ0n) is 25.4. The second-order valence-corrected chi connectivity index (χ2v) is 11.2. The number of carbonyl (C=O) groups excluding carboxylic acids is 1. The summed E-state index contributed by atoms with van der Waals surface area (Å²) in [4.78, 5) is 12.2. The van der Waals surface area contributed by atoms with Crippen LogP contribution in [-0.2, 0) is 9.53 Å². The van der Waals surface area contributed by atoms with E-state index in [0.29, 0.717) is 6.42 Å². The van der Waals surface area contributed by atoms with Gasteiger partial charge in [0.15, 0.2) is 0 Å². The first-order chi connectivity index (χ1) is 19.1. The van der Waals surface area contributed by atoms with E-state index in [2.05, 4.69) is 62.4 Å². The van der Waals surface area contributed by atoms with Crippen molar-refractivity contribution >= 4 is 5.97 Å². The maximum absolute atomic E-state index is 12.2. The molecular formula is C36H56O3. The highest BCUT2D eigenvalue weighted by Gasteiger charge is 2.12. The van der Waals surface area contributed by atoms with Gasteiger partial charge in [0, 0.05) is 6.42 Å². The zero-order valence-corrected chi connectivity index (χ0v) is 25.4. The molecule has 0 saturated heterocycles. The Bertz CT molecular complexity index is 856. The Morgan fingerprint density at radius 1 is 0.590 bits per heavy atom. The van der Waals surface area contributed by atoms with Crippen LogP contribution in [0.2, 0.25) is 0 Å². The van der Waals surface area contributed by atoms with E-state index in [1.54, 1.807) is 0 Å². The minimum absolute atomic E-state index is 0.0893. The molecule has 1 atom stereocenters. The average Bonchev–Trinajstić information content (AvgIpc) is 2.96. The second kappa shape index (κ2) is 21.5. The fourth-order valence-corrected chi connectivity index (χ4v) is 5.02.